The zero-order chi connectivity index (χ0) is 24.6. The van der Waals surface area contributed by atoms with Gasteiger partial charge in [-0.15, -0.1) is 0 Å². The molecular formula is C29H27BrN2O3. The molecule has 178 valence electrons. The molecule has 2 atom stereocenters. The van der Waals surface area contributed by atoms with Gasteiger partial charge in [-0.05, 0) is 60.7 Å². The van der Waals surface area contributed by atoms with E-state index in [1.54, 1.807) is 17.1 Å². The molecule has 0 unspecified atom stereocenters. The van der Waals surface area contributed by atoms with Crippen molar-refractivity contribution in [2.45, 2.75) is 25.8 Å². The number of amides is 1. The number of benzene rings is 3. The predicted octanol–water partition coefficient (Wildman–Crippen LogP) is 5.73. The smallest absolute Gasteiger partial charge is 0.320 e. The van der Waals surface area contributed by atoms with Crippen molar-refractivity contribution in [3.63, 3.8) is 0 Å². The molecule has 1 saturated heterocycles. The maximum atomic E-state index is 14.0. The standard InChI is InChI=1S/C29H27BrN2O3/c1-3-35-28(34)29(19-21-10-6-4-7-11-21)20(2)32(27(33)22-12-8-5-9-13-22)31-17-16-23-18-24(30)14-15-25(23)26(29)31/h4-15,18,26H,2-3,16-17,19H2,1H3/t26-,29-/m1/s1. The van der Waals surface area contributed by atoms with E-state index in [1.807, 2.05) is 66.5 Å². The third-order valence-electron chi connectivity index (χ3n) is 6.98. The van der Waals surface area contributed by atoms with Crippen molar-refractivity contribution in [2.75, 3.05) is 13.2 Å². The molecule has 5 nitrogen and oxygen atoms in total. The molecule has 5 rings (SSSR count). The van der Waals surface area contributed by atoms with Gasteiger partial charge in [0.25, 0.3) is 5.91 Å². The topological polar surface area (TPSA) is 49.9 Å². The number of esters is 1. The van der Waals surface area contributed by atoms with E-state index < -0.39 is 11.5 Å². The highest BCUT2D eigenvalue weighted by atomic mass is 79.9. The van der Waals surface area contributed by atoms with Crippen LogP contribution in [0.25, 0.3) is 0 Å². The second kappa shape index (κ2) is 9.44. The molecule has 2 heterocycles. The van der Waals surface area contributed by atoms with Gasteiger partial charge in [-0.1, -0.05) is 77.1 Å². The molecule has 2 aliphatic rings. The van der Waals surface area contributed by atoms with Crippen LogP contribution in [0.2, 0.25) is 0 Å². The summed E-state index contributed by atoms with van der Waals surface area (Å²) in [6.45, 7) is 7.04. The maximum absolute atomic E-state index is 14.0. The van der Waals surface area contributed by atoms with Crippen molar-refractivity contribution >= 4 is 27.8 Å². The van der Waals surface area contributed by atoms with E-state index in [0.29, 0.717) is 24.2 Å². The van der Waals surface area contributed by atoms with E-state index in [4.69, 9.17) is 4.74 Å². The van der Waals surface area contributed by atoms with E-state index in [1.165, 1.54) is 0 Å². The summed E-state index contributed by atoms with van der Waals surface area (Å²) < 4.78 is 6.71. The first-order valence-corrected chi connectivity index (χ1v) is 12.6. The Bertz CT molecular complexity index is 1280. The summed E-state index contributed by atoms with van der Waals surface area (Å²) in [4.78, 5) is 27.8. The molecular weight excluding hydrogens is 504 g/mol. The number of fused-ring (bicyclic) bond motifs is 3. The number of hydrogen-bond acceptors (Lipinski definition) is 4. The number of carbonyl (C=O) groups excluding carboxylic acids is 2. The first-order valence-electron chi connectivity index (χ1n) is 11.8. The number of nitrogens with zero attached hydrogens (tertiary/aromatic N) is 2. The summed E-state index contributed by atoms with van der Waals surface area (Å²) in [5, 5.41) is 3.65. The van der Waals surface area contributed by atoms with Crippen molar-refractivity contribution in [1.82, 2.24) is 10.0 Å². The van der Waals surface area contributed by atoms with Gasteiger partial charge in [-0.3, -0.25) is 9.59 Å². The molecule has 1 amide bonds. The molecule has 3 aromatic carbocycles. The van der Waals surface area contributed by atoms with Crippen molar-refractivity contribution in [2.24, 2.45) is 5.41 Å². The molecule has 0 aliphatic carbocycles. The number of hydrogen-bond donors (Lipinski definition) is 0. The maximum Gasteiger partial charge on any atom is 0.320 e. The summed E-state index contributed by atoms with van der Waals surface area (Å²) in [6, 6.07) is 24.8. The average molecular weight is 531 g/mol. The molecule has 0 bridgehead atoms. The fourth-order valence-electron chi connectivity index (χ4n) is 5.44. The summed E-state index contributed by atoms with van der Waals surface area (Å²) in [6.07, 6.45) is 1.13. The van der Waals surface area contributed by atoms with Gasteiger partial charge in [0, 0.05) is 16.6 Å². The lowest BCUT2D eigenvalue weighted by molar-refractivity contribution is -0.155. The molecule has 1 fully saturated rings. The number of halogens is 1. The van der Waals surface area contributed by atoms with Crippen molar-refractivity contribution < 1.29 is 14.3 Å². The van der Waals surface area contributed by atoms with Crippen LogP contribution in [0.1, 0.15) is 40.0 Å². The second-order valence-electron chi connectivity index (χ2n) is 8.94. The van der Waals surface area contributed by atoms with Crippen LogP contribution in [0.5, 0.6) is 0 Å². The Kier molecular flexibility index (Phi) is 6.34. The minimum Gasteiger partial charge on any atom is -0.465 e. The van der Waals surface area contributed by atoms with Crippen molar-refractivity contribution in [3.05, 3.63) is 118 Å². The highest BCUT2D eigenvalue weighted by molar-refractivity contribution is 9.10. The van der Waals surface area contributed by atoms with Crippen LogP contribution >= 0.6 is 15.9 Å². The van der Waals surface area contributed by atoms with E-state index in [0.717, 1.165) is 27.6 Å². The molecule has 3 aromatic rings. The molecule has 0 aromatic heterocycles. The minimum absolute atomic E-state index is 0.194. The average Bonchev–Trinajstić information content (AvgIpc) is 3.13. The SMILES string of the molecule is C=C1N(C(=O)c2ccccc2)N2CCc3cc(Br)ccc3[C@@H]2[C@]1(Cc1ccccc1)C(=O)OCC. The second-order valence-corrected chi connectivity index (χ2v) is 9.86. The predicted molar refractivity (Wildman–Crippen MR) is 138 cm³/mol. The Morgan fingerprint density at radius 2 is 1.74 bits per heavy atom. The number of carbonyl (C=O) groups is 2. The van der Waals surface area contributed by atoms with Crippen LogP contribution in [0.3, 0.4) is 0 Å². The summed E-state index contributed by atoms with van der Waals surface area (Å²) in [5.41, 5.74) is 3.00. The van der Waals surface area contributed by atoms with Gasteiger partial charge >= 0.3 is 5.97 Å². The highest BCUT2D eigenvalue weighted by Crippen LogP contribution is 2.57. The van der Waals surface area contributed by atoms with E-state index in [2.05, 4.69) is 34.6 Å². The zero-order valence-corrected chi connectivity index (χ0v) is 21.2. The van der Waals surface area contributed by atoms with Crippen LogP contribution < -0.4 is 0 Å². The van der Waals surface area contributed by atoms with Gasteiger partial charge in [0.1, 0.15) is 5.41 Å². The summed E-state index contributed by atoms with van der Waals surface area (Å²) in [7, 11) is 0. The Hall–Kier alpha value is -3.22. The third-order valence-corrected chi connectivity index (χ3v) is 7.47. The monoisotopic (exact) mass is 530 g/mol. The first kappa shape index (κ1) is 23.5. The lowest BCUT2D eigenvalue weighted by Crippen LogP contribution is -2.46. The van der Waals surface area contributed by atoms with Crippen LogP contribution in [0.15, 0.2) is 95.6 Å². The van der Waals surface area contributed by atoms with Crippen LogP contribution in [-0.4, -0.2) is 35.0 Å². The quantitative estimate of drug-likeness (QED) is 0.395. The fourth-order valence-corrected chi connectivity index (χ4v) is 5.85. The van der Waals surface area contributed by atoms with Gasteiger partial charge in [0.2, 0.25) is 0 Å². The van der Waals surface area contributed by atoms with Crippen LogP contribution in [0, 0.1) is 5.41 Å². The normalized spacial score (nSPS) is 21.4. The van der Waals surface area contributed by atoms with Gasteiger partial charge in [-0.2, -0.15) is 0 Å². The number of ether oxygens (including phenoxy) is 1. The van der Waals surface area contributed by atoms with Gasteiger partial charge in [0.15, 0.2) is 0 Å². The molecule has 0 saturated carbocycles. The molecule has 0 N–H and O–H groups in total. The Morgan fingerprint density at radius 1 is 1.06 bits per heavy atom. The van der Waals surface area contributed by atoms with Gasteiger partial charge < -0.3 is 4.74 Å². The fraction of sp³-hybridized carbons (Fsp3) is 0.241. The summed E-state index contributed by atoms with van der Waals surface area (Å²) >= 11 is 3.59. The number of hydrazine groups is 1. The molecule has 6 heteroatoms. The first-order chi connectivity index (χ1) is 17.0. The Labute approximate surface area is 214 Å². The largest absolute Gasteiger partial charge is 0.465 e. The zero-order valence-electron chi connectivity index (χ0n) is 19.6. The Balaban J connectivity index is 1.72. The minimum atomic E-state index is -1.16. The van der Waals surface area contributed by atoms with Crippen molar-refractivity contribution in [3.8, 4) is 0 Å². The van der Waals surface area contributed by atoms with Gasteiger partial charge in [-0.25, -0.2) is 10.0 Å². The van der Waals surface area contributed by atoms with E-state index in [9.17, 15) is 9.59 Å². The molecule has 0 spiro atoms. The van der Waals surface area contributed by atoms with Crippen molar-refractivity contribution in [1.29, 1.82) is 0 Å². The lowest BCUT2D eigenvalue weighted by Gasteiger charge is -2.39. The highest BCUT2D eigenvalue weighted by Gasteiger charge is 2.63. The Morgan fingerprint density at radius 3 is 2.43 bits per heavy atom. The van der Waals surface area contributed by atoms with E-state index >= 15 is 0 Å². The third kappa shape index (κ3) is 3.91. The van der Waals surface area contributed by atoms with Gasteiger partial charge in [0.05, 0.1) is 18.3 Å². The summed E-state index contributed by atoms with van der Waals surface area (Å²) in [5.74, 6) is -0.552. The molecule has 0 radical (unpaired) electrons. The van der Waals surface area contributed by atoms with Crippen LogP contribution in [0.4, 0.5) is 0 Å². The molecule has 2 aliphatic heterocycles. The lowest BCUT2D eigenvalue weighted by atomic mass is 9.69. The number of rotatable bonds is 5. The van der Waals surface area contributed by atoms with E-state index in [-0.39, 0.29) is 18.5 Å². The van der Waals surface area contributed by atoms with Crippen LogP contribution in [-0.2, 0) is 22.4 Å². The molecule has 35 heavy (non-hydrogen) atoms.